The first-order chi connectivity index (χ1) is 36.1. The van der Waals surface area contributed by atoms with Gasteiger partial charge in [-0.25, -0.2) is 19.0 Å². The molecule has 9 rings (SSSR count). The SMILES string of the molecule is CCn1c(-c2cc(N3CCNCC3)cnc2[C@H](C)OC)c2c3cc(ccc31)-c1cc3cc(c1)OC[C@@H]1[C@H](CCN1C(=O)OC(C)(C)C)C(=O)N(C)[C@@H](C(C)C)C(=O)N[C@@H](C3)C(=O)N1CCC[C@H](N1)C(=O)OCC(F)(F)C2. The fourth-order valence-electron chi connectivity index (χ4n) is 11.6. The van der Waals surface area contributed by atoms with Crippen LogP contribution in [0.4, 0.5) is 19.3 Å². The second kappa shape index (κ2) is 21.9. The number of hydrogen-bond acceptors (Lipinski definition) is 13. The zero-order chi connectivity index (χ0) is 54.4. The average molecular weight is 1050 g/mol. The number of nitrogens with zero attached hydrogens (tertiary/aromatic N) is 6. The highest BCUT2D eigenvalue weighted by atomic mass is 19.3. The molecule has 3 saturated heterocycles. The number of anilines is 1. The Morgan fingerprint density at radius 2 is 1.70 bits per heavy atom. The molecule has 5 aliphatic heterocycles. The number of rotatable bonds is 6. The highest BCUT2D eigenvalue weighted by Gasteiger charge is 2.47. The number of pyridine rings is 1. The van der Waals surface area contributed by atoms with E-state index in [9.17, 15) is 24.0 Å². The number of halogens is 2. The Balaban J connectivity index is 1.25. The first kappa shape index (κ1) is 54.4. The first-order valence-electron chi connectivity index (χ1n) is 26.7. The third kappa shape index (κ3) is 11.2. The van der Waals surface area contributed by atoms with E-state index in [1.165, 1.54) is 14.8 Å². The Morgan fingerprint density at radius 3 is 2.41 bits per heavy atom. The van der Waals surface area contributed by atoms with Crippen LogP contribution in [0.15, 0.2) is 48.7 Å². The molecule has 76 heavy (non-hydrogen) atoms. The number of hydrogen-bond donors (Lipinski definition) is 3. The summed E-state index contributed by atoms with van der Waals surface area (Å²) >= 11 is 0. The molecule has 2 aromatic heterocycles. The van der Waals surface area contributed by atoms with E-state index in [2.05, 4.69) is 21.0 Å². The number of ether oxygens (including phenoxy) is 4. The number of fused-ring (bicyclic) bond motifs is 8. The molecule has 4 aromatic rings. The van der Waals surface area contributed by atoms with Crippen molar-refractivity contribution in [1.82, 2.24) is 40.4 Å². The largest absolute Gasteiger partial charge is 0.491 e. The van der Waals surface area contributed by atoms with E-state index >= 15 is 8.78 Å². The Bertz CT molecular complexity index is 2860. The number of likely N-dealkylation sites (tertiary alicyclic amines) is 1. The second-order valence-corrected chi connectivity index (χ2v) is 22.2. The van der Waals surface area contributed by atoms with Crippen LogP contribution in [-0.4, -0.2) is 156 Å². The van der Waals surface area contributed by atoms with Gasteiger partial charge < -0.3 is 48.8 Å². The van der Waals surface area contributed by atoms with Crippen molar-refractivity contribution < 1.29 is 51.7 Å². The van der Waals surface area contributed by atoms with Crippen molar-refractivity contribution in [3.63, 3.8) is 0 Å². The lowest BCUT2D eigenvalue weighted by molar-refractivity contribution is -0.162. The summed E-state index contributed by atoms with van der Waals surface area (Å²) in [7, 11) is 3.14. The van der Waals surface area contributed by atoms with Crippen molar-refractivity contribution >= 4 is 46.4 Å². The van der Waals surface area contributed by atoms with Crippen LogP contribution in [0.2, 0.25) is 0 Å². The summed E-state index contributed by atoms with van der Waals surface area (Å²) < 4.78 is 60.0. The predicted molar refractivity (Wildman–Crippen MR) is 282 cm³/mol. The zero-order valence-electron chi connectivity index (χ0n) is 45.2. The number of cyclic esters (lactones) is 1. The smallest absolute Gasteiger partial charge is 0.410 e. The van der Waals surface area contributed by atoms with Crippen molar-refractivity contribution in [2.45, 2.75) is 129 Å². The number of aryl methyl sites for hydroxylation is 1. The number of alkyl halides is 2. The molecule has 8 bridgehead atoms. The maximum atomic E-state index is 17.0. The summed E-state index contributed by atoms with van der Waals surface area (Å²) in [5.41, 5.74) is 7.57. The molecular formula is C56H73F2N9O9. The van der Waals surface area contributed by atoms with Crippen LogP contribution in [0.1, 0.15) is 90.7 Å². The minimum absolute atomic E-state index is 0.0480. The molecule has 0 saturated carbocycles. The van der Waals surface area contributed by atoms with Gasteiger partial charge in [0.05, 0.1) is 41.3 Å². The van der Waals surface area contributed by atoms with Crippen LogP contribution < -0.4 is 25.7 Å². The van der Waals surface area contributed by atoms with Gasteiger partial charge in [-0.2, -0.15) is 0 Å². The fraction of sp³-hybridized carbons (Fsp3) is 0.571. The maximum Gasteiger partial charge on any atom is 0.410 e. The minimum Gasteiger partial charge on any atom is -0.491 e. The van der Waals surface area contributed by atoms with Crippen LogP contribution in [0, 0.1) is 11.8 Å². The molecule has 0 radical (unpaired) electrons. The van der Waals surface area contributed by atoms with Gasteiger partial charge in [0.25, 0.3) is 11.8 Å². The molecule has 410 valence electrons. The summed E-state index contributed by atoms with van der Waals surface area (Å²) in [5.74, 6) is -6.89. The van der Waals surface area contributed by atoms with Crippen molar-refractivity contribution in [3.8, 4) is 28.1 Å². The van der Waals surface area contributed by atoms with E-state index in [4.69, 9.17) is 23.9 Å². The monoisotopic (exact) mass is 1050 g/mol. The van der Waals surface area contributed by atoms with Gasteiger partial charge in [0.15, 0.2) is 6.61 Å². The molecule has 4 amide bonds. The number of hydrazine groups is 1. The van der Waals surface area contributed by atoms with Crippen LogP contribution in [-0.2, 0) is 52.8 Å². The van der Waals surface area contributed by atoms with Crippen LogP contribution in [0.5, 0.6) is 5.75 Å². The van der Waals surface area contributed by atoms with Crippen molar-refractivity contribution in [2.24, 2.45) is 11.8 Å². The summed E-state index contributed by atoms with van der Waals surface area (Å²) in [5, 5.41) is 8.17. The highest BCUT2D eigenvalue weighted by molar-refractivity contribution is 5.96. The van der Waals surface area contributed by atoms with Gasteiger partial charge in [-0.05, 0) is 112 Å². The summed E-state index contributed by atoms with van der Waals surface area (Å²) in [6.45, 7) is 15.2. The zero-order valence-corrected chi connectivity index (χ0v) is 45.2. The normalized spacial score (nSPS) is 24.2. The van der Waals surface area contributed by atoms with Crippen LogP contribution in [0.25, 0.3) is 33.3 Å². The topological polar surface area (TPSA) is 189 Å². The number of methoxy groups -OCH3 is 1. The van der Waals surface area contributed by atoms with Gasteiger partial charge in [0, 0.05) is 89.3 Å². The molecule has 7 heterocycles. The molecule has 6 atom stereocenters. The number of piperazine rings is 1. The van der Waals surface area contributed by atoms with Gasteiger partial charge in [0.1, 0.15) is 36.1 Å². The number of likely N-dealkylation sites (N-methyl/N-ethyl adjacent to an activating group) is 1. The molecule has 3 N–H and O–H groups in total. The summed E-state index contributed by atoms with van der Waals surface area (Å²) in [4.78, 5) is 82.2. The quantitative estimate of drug-likeness (QED) is 0.184. The molecule has 0 aliphatic carbocycles. The number of esters is 1. The summed E-state index contributed by atoms with van der Waals surface area (Å²) in [6.07, 6.45) is 0.668. The number of aromatic nitrogens is 2. The number of benzene rings is 2. The molecule has 3 fully saturated rings. The third-order valence-corrected chi connectivity index (χ3v) is 15.4. The molecule has 18 nitrogen and oxygen atoms in total. The highest BCUT2D eigenvalue weighted by Crippen LogP contribution is 2.43. The fourth-order valence-corrected chi connectivity index (χ4v) is 11.6. The third-order valence-electron chi connectivity index (χ3n) is 15.4. The lowest BCUT2D eigenvalue weighted by atomic mass is 9.93. The molecule has 5 aliphatic rings. The molecule has 20 heteroatoms. The number of carbonyl (C=O) groups excluding carboxylic acids is 5. The van der Waals surface area contributed by atoms with Crippen molar-refractivity contribution in [2.75, 3.05) is 71.5 Å². The van der Waals surface area contributed by atoms with E-state index in [0.717, 1.165) is 31.9 Å². The Morgan fingerprint density at radius 1 is 0.934 bits per heavy atom. The van der Waals surface area contributed by atoms with E-state index in [0.29, 0.717) is 68.8 Å². The lowest BCUT2D eigenvalue weighted by Gasteiger charge is -2.37. The van der Waals surface area contributed by atoms with Crippen LogP contribution in [0.3, 0.4) is 0 Å². The van der Waals surface area contributed by atoms with Crippen molar-refractivity contribution in [3.05, 3.63) is 65.5 Å². The van der Waals surface area contributed by atoms with Crippen LogP contribution >= 0.6 is 0 Å². The maximum absolute atomic E-state index is 17.0. The Kier molecular flexibility index (Phi) is 15.7. The molecule has 2 aromatic carbocycles. The van der Waals surface area contributed by atoms with E-state index in [1.54, 1.807) is 41.0 Å². The first-order valence-corrected chi connectivity index (χ1v) is 26.7. The second-order valence-electron chi connectivity index (χ2n) is 22.2. The molecular weight excluding hydrogens is 981 g/mol. The number of carbonyl (C=O) groups is 5. The predicted octanol–water partition coefficient (Wildman–Crippen LogP) is 6.27. The van der Waals surface area contributed by atoms with Gasteiger partial charge in [-0.15, -0.1) is 0 Å². The Labute approximate surface area is 443 Å². The molecule has 0 spiro atoms. The van der Waals surface area contributed by atoms with Crippen molar-refractivity contribution in [1.29, 1.82) is 0 Å². The van der Waals surface area contributed by atoms with Gasteiger partial charge in [-0.3, -0.25) is 29.2 Å². The standard InChI is InChI=1S/C56H73F2N9O9/c1-10-65-45-14-13-35-26-40(45)42(49(65)41-27-37(64-20-16-59-17-21-64)29-60-47(41)33(4)73-9)28-56(57,58)31-75-53(71)43-12-11-18-67(62-43)52(70)44-24-34-22-36(35)25-38(23-34)74-30-46-39(15-19-66(46)54(72)76-55(5,6)7)51(69)63(8)48(32(2)3)50(68)61-44/h13-14,22-23,25-27,29,32-33,39,43-44,46,48,59,62H,10-12,15-21,24,28,30-31H2,1-9H3,(H,61,68)/t33-,39-,43-,44-,46+,48-/m0/s1. The van der Waals surface area contributed by atoms with Gasteiger partial charge in [-0.1, -0.05) is 26.0 Å². The molecule has 0 unspecified atom stereocenters. The van der Waals surface area contributed by atoms with Gasteiger partial charge >= 0.3 is 12.1 Å². The van der Waals surface area contributed by atoms with E-state index in [1.807, 2.05) is 74.9 Å². The average Bonchev–Trinajstić information content (AvgIpc) is 3.98. The lowest BCUT2D eigenvalue weighted by Crippen LogP contribution is -2.62. The number of nitrogens with one attached hydrogen (secondary N) is 3. The number of amides is 4. The minimum atomic E-state index is -3.58. The van der Waals surface area contributed by atoms with Gasteiger partial charge in [0.2, 0.25) is 11.8 Å². The Hall–Kier alpha value is -6.38. The summed E-state index contributed by atoms with van der Waals surface area (Å²) in [6, 6.07) is 8.99. The van der Waals surface area contributed by atoms with E-state index < -0.39 is 90.5 Å². The van der Waals surface area contributed by atoms with E-state index in [-0.39, 0.29) is 44.9 Å².